The Labute approximate surface area is 158 Å². The predicted molar refractivity (Wildman–Crippen MR) is 104 cm³/mol. The maximum absolute atomic E-state index is 14.4. The second-order valence-corrected chi connectivity index (χ2v) is 6.68. The zero-order valence-electron chi connectivity index (χ0n) is 15.3. The Morgan fingerprint density at radius 1 is 1.22 bits per heavy atom. The largest absolute Gasteiger partial charge is 0.369 e. The second kappa shape index (κ2) is 8.50. The van der Waals surface area contributed by atoms with Crippen LogP contribution in [0.1, 0.15) is 36.9 Å². The van der Waals surface area contributed by atoms with Gasteiger partial charge in [-0.05, 0) is 49.1 Å². The summed E-state index contributed by atoms with van der Waals surface area (Å²) in [6, 6.07) is 16.0. The number of carbonyl (C=O) groups is 1. The van der Waals surface area contributed by atoms with E-state index in [4.69, 9.17) is 0 Å². The van der Waals surface area contributed by atoms with Crippen molar-refractivity contribution in [3.05, 3.63) is 71.0 Å². The van der Waals surface area contributed by atoms with Crippen molar-refractivity contribution in [2.24, 2.45) is 0 Å². The molecule has 0 spiro atoms. The molecule has 0 aromatic heterocycles. The fraction of sp³-hybridized carbons (Fsp3) is 0.273. The Morgan fingerprint density at radius 2 is 1.93 bits per heavy atom. The Bertz CT molecular complexity index is 880. The second-order valence-electron chi connectivity index (χ2n) is 6.68. The first-order valence-electron chi connectivity index (χ1n) is 9.10. The van der Waals surface area contributed by atoms with Gasteiger partial charge in [0.1, 0.15) is 17.5 Å². The van der Waals surface area contributed by atoms with E-state index >= 15 is 0 Å². The fourth-order valence-electron chi connectivity index (χ4n) is 3.24. The minimum Gasteiger partial charge on any atom is -0.369 e. The molecule has 138 valence electrons. The molecule has 0 bridgehead atoms. The van der Waals surface area contributed by atoms with Crippen molar-refractivity contribution in [1.29, 1.82) is 5.26 Å². The minimum atomic E-state index is -0.474. The molecule has 5 heteroatoms. The lowest BCUT2D eigenvalue weighted by Gasteiger charge is -2.18. The van der Waals surface area contributed by atoms with E-state index < -0.39 is 5.91 Å². The molecule has 3 rings (SSSR count). The monoisotopic (exact) mass is 363 g/mol. The van der Waals surface area contributed by atoms with E-state index in [2.05, 4.69) is 5.32 Å². The molecule has 1 heterocycles. The number of amides is 1. The summed E-state index contributed by atoms with van der Waals surface area (Å²) in [7, 11) is 0. The first-order chi connectivity index (χ1) is 13.1. The van der Waals surface area contributed by atoms with Gasteiger partial charge in [0.2, 0.25) is 0 Å². The summed E-state index contributed by atoms with van der Waals surface area (Å²) < 4.78 is 14.4. The topological polar surface area (TPSA) is 56.1 Å². The van der Waals surface area contributed by atoms with Gasteiger partial charge in [0, 0.05) is 13.1 Å². The van der Waals surface area contributed by atoms with Crippen molar-refractivity contribution in [3.63, 3.8) is 0 Å². The van der Waals surface area contributed by atoms with Crippen LogP contribution in [0.15, 0.2) is 54.1 Å². The Hall–Kier alpha value is -3.13. The van der Waals surface area contributed by atoms with E-state index in [1.807, 2.05) is 48.2 Å². The van der Waals surface area contributed by atoms with Gasteiger partial charge in [0.15, 0.2) is 0 Å². The summed E-state index contributed by atoms with van der Waals surface area (Å²) in [5.41, 5.74) is 1.97. The number of rotatable bonds is 5. The maximum Gasteiger partial charge on any atom is 0.262 e. The van der Waals surface area contributed by atoms with Crippen LogP contribution in [0.3, 0.4) is 0 Å². The Balaban J connectivity index is 1.74. The van der Waals surface area contributed by atoms with Gasteiger partial charge in [0.05, 0.1) is 11.7 Å². The van der Waals surface area contributed by atoms with Gasteiger partial charge < -0.3 is 10.2 Å². The number of carbonyl (C=O) groups excluding carboxylic acids is 1. The van der Waals surface area contributed by atoms with Gasteiger partial charge in [-0.2, -0.15) is 5.26 Å². The number of halogens is 1. The van der Waals surface area contributed by atoms with Crippen LogP contribution in [-0.2, 0) is 4.79 Å². The Morgan fingerprint density at radius 3 is 2.56 bits per heavy atom. The van der Waals surface area contributed by atoms with E-state index in [1.165, 1.54) is 12.1 Å². The number of hydrogen-bond donors (Lipinski definition) is 1. The summed E-state index contributed by atoms with van der Waals surface area (Å²) in [5, 5.41) is 12.2. The minimum absolute atomic E-state index is 0.0499. The number of benzene rings is 2. The van der Waals surface area contributed by atoms with Crippen LogP contribution in [0, 0.1) is 17.1 Å². The number of anilines is 1. The van der Waals surface area contributed by atoms with Crippen molar-refractivity contribution in [2.75, 3.05) is 18.0 Å². The molecule has 27 heavy (non-hydrogen) atoms. The van der Waals surface area contributed by atoms with E-state index in [1.54, 1.807) is 12.1 Å². The lowest BCUT2D eigenvalue weighted by atomic mass is 10.1. The molecule has 2 aromatic carbocycles. The van der Waals surface area contributed by atoms with Crippen molar-refractivity contribution in [1.82, 2.24) is 5.32 Å². The molecule has 1 aliphatic heterocycles. The SMILES string of the molecule is C[C@@H](NC(=O)/C(C#N)=C\c1ccc(N2CCCC2)c(F)c1)c1ccccc1. The highest BCUT2D eigenvalue weighted by molar-refractivity contribution is 6.01. The summed E-state index contributed by atoms with van der Waals surface area (Å²) >= 11 is 0. The van der Waals surface area contributed by atoms with Crippen LogP contribution in [0.5, 0.6) is 0 Å². The van der Waals surface area contributed by atoms with Gasteiger partial charge in [-0.25, -0.2) is 4.39 Å². The maximum atomic E-state index is 14.4. The van der Waals surface area contributed by atoms with Crippen LogP contribution in [0.2, 0.25) is 0 Å². The van der Waals surface area contributed by atoms with Crippen molar-refractivity contribution in [2.45, 2.75) is 25.8 Å². The summed E-state index contributed by atoms with van der Waals surface area (Å²) in [4.78, 5) is 14.4. The smallest absolute Gasteiger partial charge is 0.262 e. The summed E-state index contributed by atoms with van der Waals surface area (Å²) in [6.07, 6.45) is 3.56. The average molecular weight is 363 g/mol. The lowest BCUT2D eigenvalue weighted by Crippen LogP contribution is -2.27. The third kappa shape index (κ3) is 4.53. The van der Waals surface area contributed by atoms with Crippen LogP contribution < -0.4 is 10.2 Å². The molecular formula is C22H22FN3O. The molecular weight excluding hydrogens is 341 g/mol. The first kappa shape index (κ1) is 18.7. The van der Waals surface area contributed by atoms with Crippen molar-refractivity contribution in [3.8, 4) is 6.07 Å². The zero-order chi connectivity index (χ0) is 19.2. The average Bonchev–Trinajstić information content (AvgIpc) is 3.21. The van der Waals surface area contributed by atoms with Crippen LogP contribution in [-0.4, -0.2) is 19.0 Å². The molecule has 1 saturated heterocycles. The fourth-order valence-corrected chi connectivity index (χ4v) is 3.24. The molecule has 4 nitrogen and oxygen atoms in total. The van der Waals surface area contributed by atoms with Crippen LogP contribution in [0.25, 0.3) is 6.08 Å². The van der Waals surface area contributed by atoms with E-state index in [-0.39, 0.29) is 17.4 Å². The summed E-state index contributed by atoms with van der Waals surface area (Å²) in [5.74, 6) is -0.807. The molecule has 1 N–H and O–H groups in total. The molecule has 2 aromatic rings. The molecule has 0 saturated carbocycles. The molecule has 1 atom stereocenters. The molecule has 1 amide bonds. The highest BCUT2D eigenvalue weighted by Gasteiger charge is 2.17. The third-order valence-corrected chi connectivity index (χ3v) is 4.74. The standard InChI is InChI=1S/C22H22FN3O/c1-16(18-7-3-2-4-8-18)25-22(27)19(15-24)13-17-9-10-21(20(23)14-17)26-11-5-6-12-26/h2-4,7-10,13-14,16H,5-6,11-12H2,1H3,(H,25,27)/b19-13-/t16-/m1/s1. The van der Waals surface area contributed by atoms with Crippen LogP contribution >= 0.6 is 0 Å². The van der Waals surface area contributed by atoms with Gasteiger partial charge in [-0.3, -0.25) is 4.79 Å². The lowest BCUT2D eigenvalue weighted by molar-refractivity contribution is -0.117. The quantitative estimate of drug-likeness (QED) is 0.639. The first-order valence-corrected chi connectivity index (χ1v) is 9.10. The van der Waals surface area contributed by atoms with E-state index in [0.29, 0.717) is 11.3 Å². The normalized spacial score (nSPS) is 15.3. The summed E-state index contributed by atoms with van der Waals surface area (Å²) in [6.45, 7) is 3.57. The molecule has 0 radical (unpaired) electrons. The van der Waals surface area contributed by atoms with Crippen LogP contribution in [0.4, 0.5) is 10.1 Å². The number of nitrogens with one attached hydrogen (secondary N) is 1. The van der Waals surface area contributed by atoms with E-state index in [9.17, 15) is 14.4 Å². The highest BCUT2D eigenvalue weighted by atomic mass is 19.1. The van der Waals surface area contributed by atoms with Crippen molar-refractivity contribution < 1.29 is 9.18 Å². The van der Waals surface area contributed by atoms with Gasteiger partial charge in [-0.15, -0.1) is 0 Å². The van der Waals surface area contributed by atoms with Gasteiger partial charge >= 0.3 is 0 Å². The highest BCUT2D eigenvalue weighted by Crippen LogP contribution is 2.25. The Kier molecular flexibility index (Phi) is 5.87. The molecule has 0 aliphatic carbocycles. The third-order valence-electron chi connectivity index (χ3n) is 4.74. The number of hydrogen-bond acceptors (Lipinski definition) is 3. The van der Waals surface area contributed by atoms with Gasteiger partial charge in [-0.1, -0.05) is 36.4 Å². The zero-order valence-corrected chi connectivity index (χ0v) is 15.3. The van der Waals surface area contributed by atoms with E-state index in [0.717, 1.165) is 31.5 Å². The van der Waals surface area contributed by atoms with Gasteiger partial charge in [0.25, 0.3) is 5.91 Å². The molecule has 1 aliphatic rings. The van der Waals surface area contributed by atoms with Crippen molar-refractivity contribution >= 4 is 17.7 Å². The number of nitriles is 1. The number of nitrogens with zero attached hydrogens (tertiary/aromatic N) is 2. The molecule has 0 unspecified atom stereocenters. The predicted octanol–water partition coefficient (Wildman–Crippen LogP) is 4.21. The molecule has 1 fully saturated rings.